The Balaban J connectivity index is 0.000000642. The molecule has 1 aromatic carbocycles. The molecule has 3 atom stereocenters. The van der Waals surface area contributed by atoms with Crippen LogP contribution in [0.4, 0.5) is 15.3 Å². The van der Waals surface area contributed by atoms with E-state index in [4.69, 9.17) is 30.6 Å². The van der Waals surface area contributed by atoms with Gasteiger partial charge >= 0.3 is 18.2 Å². The quantitative estimate of drug-likeness (QED) is 0.402. The first-order valence-electron chi connectivity index (χ1n) is 13.9. The van der Waals surface area contributed by atoms with Gasteiger partial charge in [0, 0.05) is 25.1 Å². The Labute approximate surface area is 248 Å². The predicted molar refractivity (Wildman–Crippen MR) is 156 cm³/mol. The van der Waals surface area contributed by atoms with Gasteiger partial charge in [0.1, 0.15) is 17.2 Å². The van der Waals surface area contributed by atoms with E-state index < -0.39 is 47.3 Å². The molecule has 0 saturated carbocycles. The summed E-state index contributed by atoms with van der Waals surface area (Å²) in [5.74, 6) is -1.31. The molecule has 1 aromatic rings. The summed E-state index contributed by atoms with van der Waals surface area (Å²) in [6.45, 7) is 21.2. The maximum Gasteiger partial charge on any atom is 0.509 e. The van der Waals surface area contributed by atoms with E-state index in [1.807, 2.05) is 0 Å². The molecule has 41 heavy (non-hydrogen) atoms. The van der Waals surface area contributed by atoms with Crippen molar-refractivity contribution in [2.45, 2.75) is 111 Å². The fourth-order valence-corrected chi connectivity index (χ4v) is 5.19. The molecule has 0 spiro atoms. The van der Waals surface area contributed by atoms with E-state index in [9.17, 15) is 19.5 Å². The molecule has 1 saturated heterocycles. The van der Waals surface area contributed by atoms with Crippen LogP contribution in [-0.4, -0.2) is 82.8 Å². The summed E-state index contributed by atoms with van der Waals surface area (Å²) in [4.78, 5) is 47.5. The maximum atomic E-state index is 13.1. The van der Waals surface area contributed by atoms with Crippen molar-refractivity contribution in [1.29, 1.82) is 0 Å². The average molecular weight is 600 g/mol. The third kappa shape index (κ3) is 8.17. The van der Waals surface area contributed by atoms with Crippen LogP contribution in [-0.2, 0) is 29.4 Å². The van der Waals surface area contributed by atoms with Gasteiger partial charge in [0.05, 0.1) is 10.7 Å². The molecule has 232 valence electrons. The molecule has 2 aliphatic rings. The van der Waals surface area contributed by atoms with Gasteiger partial charge in [-0.1, -0.05) is 37.6 Å². The highest BCUT2D eigenvalue weighted by Crippen LogP contribution is 2.53. The van der Waals surface area contributed by atoms with E-state index in [0.717, 1.165) is 4.90 Å². The average Bonchev–Trinajstić information content (AvgIpc) is 3.13. The first-order valence-corrected chi connectivity index (χ1v) is 14.2. The molecular weight excluding hydrogens is 554 g/mol. The first-order chi connectivity index (χ1) is 18.8. The number of halogens is 1. The summed E-state index contributed by atoms with van der Waals surface area (Å²) < 4.78 is 16.6. The van der Waals surface area contributed by atoms with Crippen LogP contribution in [0.15, 0.2) is 18.2 Å². The van der Waals surface area contributed by atoms with Crippen LogP contribution in [0.3, 0.4) is 0 Å². The highest BCUT2D eigenvalue weighted by molar-refractivity contribution is 6.33. The van der Waals surface area contributed by atoms with Crippen LogP contribution in [0, 0.1) is 0 Å². The lowest BCUT2D eigenvalue weighted by molar-refractivity contribution is -0.175. The van der Waals surface area contributed by atoms with Gasteiger partial charge in [-0.15, -0.1) is 0 Å². The molecule has 1 N–H and O–H groups in total. The lowest BCUT2D eigenvalue weighted by Gasteiger charge is -2.44. The highest BCUT2D eigenvalue weighted by atomic mass is 35.5. The first kappa shape index (κ1) is 34.4. The summed E-state index contributed by atoms with van der Waals surface area (Å²) in [6, 6.07) is 4.21. The Morgan fingerprint density at radius 2 is 1.66 bits per heavy atom. The molecule has 2 aliphatic heterocycles. The number of aliphatic carboxylic acids is 1. The second-order valence-corrected chi connectivity index (χ2v) is 12.7. The Bertz CT molecular complexity index is 1100. The van der Waals surface area contributed by atoms with Crippen molar-refractivity contribution in [3.63, 3.8) is 0 Å². The lowest BCUT2D eigenvalue weighted by atomic mass is 9.87. The van der Waals surface area contributed by atoms with Gasteiger partial charge in [-0.3, -0.25) is 9.96 Å². The van der Waals surface area contributed by atoms with Gasteiger partial charge in [-0.05, 0) is 74.5 Å². The molecule has 12 heteroatoms. The minimum Gasteiger partial charge on any atom is -0.480 e. The number of hydrogen-bond acceptors (Lipinski definition) is 9. The molecule has 11 nitrogen and oxygen atoms in total. The van der Waals surface area contributed by atoms with Crippen LogP contribution in [0.5, 0.6) is 0 Å². The van der Waals surface area contributed by atoms with Gasteiger partial charge in [-0.25, -0.2) is 19.2 Å². The van der Waals surface area contributed by atoms with E-state index in [0.29, 0.717) is 22.3 Å². The Morgan fingerprint density at radius 3 is 2.10 bits per heavy atom. The van der Waals surface area contributed by atoms with Crippen molar-refractivity contribution in [3.05, 3.63) is 28.8 Å². The summed E-state index contributed by atoms with van der Waals surface area (Å²) >= 11 is 6.40. The second-order valence-electron chi connectivity index (χ2n) is 12.3. The minimum atomic E-state index is -1.71. The number of likely N-dealkylation sites (tertiary alicyclic amines) is 1. The topological polar surface area (TPSA) is 118 Å². The maximum absolute atomic E-state index is 13.1. The molecule has 3 rings (SSSR count). The molecule has 0 bridgehead atoms. The zero-order valence-electron chi connectivity index (χ0n) is 26.1. The molecule has 2 heterocycles. The number of hydroxylamine groups is 1. The van der Waals surface area contributed by atoms with Gasteiger partial charge in [0.2, 0.25) is 6.23 Å². The SMILES string of the molecule is CCN(CC)C(C)C.CN1O[C@H]2N(C(=O)OC(C)(C)C)[C@H](C(=O)O)C[C@@]2(OC(=O)OC(C)(C)C)c2cccc(Cl)c21. The number of anilines is 1. The van der Waals surface area contributed by atoms with Crippen molar-refractivity contribution in [2.75, 3.05) is 25.2 Å². The fraction of sp³-hybridized carbons (Fsp3) is 0.690. The van der Waals surface area contributed by atoms with Gasteiger partial charge in [-0.2, -0.15) is 0 Å². The smallest absolute Gasteiger partial charge is 0.480 e. The summed E-state index contributed by atoms with van der Waals surface area (Å²) in [5, 5.41) is 11.6. The van der Waals surface area contributed by atoms with E-state index >= 15 is 0 Å². The minimum absolute atomic E-state index is 0.295. The number of carboxylic acids is 1. The number of para-hydroxylation sites is 1. The standard InChI is InChI=1S/C22H29ClN2O8.C7H17N/c1-20(2,3)30-18(28)25-14(16(26)27)11-22(32-19(29)31-21(4,5)6)12-9-8-10-13(23)15(12)24(7)33-17(22)25;1-5-8(6-2)7(3)4/h8-10,14,17H,11H2,1-7H3,(H,26,27);7H,5-6H2,1-4H3/t14-,17+,22+;/m0./s1. The van der Waals surface area contributed by atoms with Crippen LogP contribution >= 0.6 is 11.6 Å². The largest absolute Gasteiger partial charge is 0.509 e. The summed E-state index contributed by atoms with van der Waals surface area (Å²) in [5.41, 5.74) is -2.72. The zero-order valence-corrected chi connectivity index (χ0v) is 26.9. The van der Waals surface area contributed by atoms with Crippen molar-refractivity contribution in [3.8, 4) is 0 Å². The monoisotopic (exact) mass is 599 g/mol. The normalized spacial score (nSPS) is 22.0. The number of carbonyl (C=O) groups is 3. The second kappa shape index (κ2) is 13.0. The molecule has 0 aromatic heterocycles. The van der Waals surface area contributed by atoms with E-state index in [1.54, 1.807) is 66.8 Å². The van der Waals surface area contributed by atoms with Gasteiger partial charge in [0.25, 0.3) is 0 Å². The van der Waals surface area contributed by atoms with Crippen LogP contribution in [0.25, 0.3) is 0 Å². The number of nitrogens with zero attached hydrogens (tertiary/aromatic N) is 3. The number of fused-ring (bicyclic) bond motifs is 3. The van der Waals surface area contributed by atoms with Crippen molar-refractivity contribution >= 4 is 35.5 Å². The Hall–Kier alpha value is -2.76. The van der Waals surface area contributed by atoms with Crippen molar-refractivity contribution in [2.24, 2.45) is 0 Å². The number of amides is 1. The molecule has 0 radical (unpaired) electrons. The fourth-order valence-electron chi connectivity index (χ4n) is 4.90. The number of carboxylic acid groups (broad SMARTS) is 1. The number of ether oxygens (including phenoxy) is 3. The van der Waals surface area contributed by atoms with Crippen LogP contribution < -0.4 is 5.06 Å². The van der Waals surface area contributed by atoms with Gasteiger partial charge < -0.3 is 24.2 Å². The van der Waals surface area contributed by atoms with Crippen molar-refractivity contribution < 1.29 is 38.5 Å². The summed E-state index contributed by atoms with van der Waals surface area (Å²) in [6.07, 6.45) is -3.61. The van der Waals surface area contributed by atoms with Crippen LogP contribution in [0.1, 0.15) is 81.2 Å². The highest BCUT2D eigenvalue weighted by Gasteiger charge is 2.65. The van der Waals surface area contributed by atoms with Gasteiger partial charge in [0.15, 0.2) is 5.60 Å². The van der Waals surface area contributed by atoms with E-state index in [-0.39, 0.29) is 6.42 Å². The Kier molecular flexibility index (Phi) is 11.0. The molecule has 0 unspecified atom stereocenters. The van der Waals surface area contributed by atoms with Crippen molar-refractivity contribution in [1.82, 2.24) is 9.80 Å². The van der Waals surface area contributed by atoms with Crippen LogP contribution in [0.2, 0.25) is 5.02 Å². The molecule has 1 fully saturated rings. The molecule has 0 aliphatic carbocycles. The molecular formula is C29H46ClN3O8. The number of hydrogen-bond donors (Lipinski definition) is 1. The Morgan fingerprint density at radius 1 is 1.10 bits per heavy atom. The third-order valence-electron chi connectivity index (χ3n) is 6.59. The van der Waals surface area contributed by atoms with E-state index in [1.165, 1.54) is 18.2 Å². The predicted octanol–water partition coefficient (Wildman–Crippen LogP) is 6.03. The summed E-state index contributed by atoms with van der Waals surface area (Å²) in [7, 11) is 1.56. The molecule has 1 amide bonds. The lowest BCUT2D eigenvalue weighted by Crippen LogP contribution is -2.57. The number of benzene rings is 1. The number of carbonyl (C=O) groups excluding carboxylic acids is 2. The van der Waals surface area contributed by atoms with E-state index in [2.05, 4.69) is 32.6 Å². The zero-order chi connectivity index (χ0) is 31.5. The third-order valence-corrected chi connectivity index (χ3v) is 6.89. The number of rotatable bonds is 5.